The highest BCUT2D eigenvalue weighted by atomic mass is 19.1. The van der Waals surface area contributed by atoms with Crippen LogP contribution in [0.15, 0.2) is 24.3 Å². The van der Waals surface area contributed by atoms with Crippen LogP contribution < -0.4 is 5.32 Å². The topological polar surface area (TPSA) is 15.3 Å². The first-order valence-electron chi connectivity index (χ1n) is 7.03. The Balaban J connectivity index is 1.60. The molecule has 0 bridgehead atoms. The highest BCUT2D eigenvalue weighted by Crippen LogP contribution is 2.29. The van der Waals surface area contributed by atoms with Crippen molar-refractivity contribution in [2.75, 3.05) is 13.1 Å². The minimum absolute atomic E-state index is 0.144. The third-order valence-electron chi connectivity index (χ3n) is 3.98. The van der Waals surface area contributed by atoms with Gasteiger partial charge in [-0.2, -0.15) is 0 Å². The maximum atomic E-state index is 12.9. The monoisotopic (exact) mass is 248 g/mol. The first-order valence-corrected chi connectivity index (χ1v) is 7.03. The maximum Gasteiger partial charge on any atom is 0.123 e. The van der Waals surface area contributed by atoms with Crippen molar-refractivity contribution < 1.29 is 4.39 Å². The molecule has 1 N–H and O–H groups in total. The number of hydrogen-bond acceptors (Lipinski definition) is 2. The van der Waals surface area contributed by atoms with Gasteiger partial charge in [0.05, 0.1) is 0 Å². The van der Waals surface area contributed by atoms with Crippen LogP contribution in [-0.4, -0.2) is 30.1 Å². The number of benzene rings is 1. The van der Waals surface area contributed by atoms with Gasteiger partial charge in [-0.25, -0.2) is 4.39 Å². The Kier molecular flexibility index (Phi) is 3.62. The predicted molar refractivity (Wildman–Crippen MR) is 70.9 cm³/mol. The molecule has 1 aromatic carbocycles. The van der Waals surface area contributed by atoms with E-state index < -0.39 is 0 Å². The van der Waals surface area contributed by atoms with Gasteiger partial charge in [-0.3, -0.25) is 4.90 Å². The van der Waals surface area contributed by atoms with Gasteiger partial charge >= 0.3 is 0 Å². The molecule has 18 heavy (non-hydrogen) atoms. The average molecular weight is 248 g/mol. The first kappa shape index (κ1) is 12.1. The van der Waals surface area contributed by atoms with Crippen molar-refractivity contribution in [3.05, 3.63) is 35.6 Å². The minimum Gasteiger partial charge on any atom is -0.313 e. The van der Waals surface area contributed by atoms with Gasteiger partial charge in [0.25, 0.3) is 0 Å². The zero-order valence-corrected chi connectivity index (χ0v) is 10.7. The minimum atomic E-state index is -0.144. The van der Waals surface area contributed by atoms with E-state index in [0.717, 1.165) is 19.1 Å². The lowest BCUT2D eigenvalue weighted by molar-refractivity contribution is 0.231. The van der Waals surface area contributed by atoms with Gasteiger partial charge in [-0.1, -0.05) is 12.1 Å². The molecule has 0 radical (unpaired) electrons. The molecular weight excluding hydrogens is 227 g/mol. The summed E-state index contributed by atoms with van der Waals surface area (Å²) in [5.41, 5.74) is 1.22. The van der Waals surface area contributed by atoms with E-state index in [0.29, 0.717) is 6.04 Å². The van der Waals surface area contributed by atoms with E-state index in [4.69, 9.17) is 0 Å². The summed E-state index contributed by atoms with van der Waals surface area (Å²) < 4.78 is 12.9. The van der Waals surface area contributed by atoms with Crippen LogP contribution in [0.3, 0.4) is 0 Å². The summed E-state index contributed by atoms with van der Waals surface area (Å²) in [5, 5.41) is 3.56. The molecule has 3 rings (SSSR count). The molecule has 1 heterocycles. The SMILES string of the molecule is Fc1ccc(CN(CC2CCCN2)C2CC2)cc1. The molecule has 3 heteroatoms. The summed E-state index contributed by atoms with van der Waals surface area (Å²) in [6, 6.07) is 8.37. The second-order valence-corrected chi connectivity index (χ2v) is 5.58. The Morgan fingerprint density at radius 1 is 1.17 bits per heavy atom. The molecule has 1 aliphatic carbocycles. The second-order valence-electron chi connectivity index (χ2n) is 5.58. The molecule has 1 aliphatic heterocycles. The van der Waals surface area contributed by atoms with Crippen LogP contribution in [0.5, 0.6) is 0 Å². The molecule has 1 atom stereocenters. The van der Waals surface area contributed by atoms with Crippen LogP contribution in [-0.2, 0) is 6.54 Å². The Hall–Kier alpha value is -0.930. The van der Waals surface area contributed by atoms with E-state index >= 15 is 0 Å². The van der Waals surface area contributed by atoms with Gasteiger partial charge in [-0.05, 0) is 49.9 Å². The van der Waals surface area contributed by atoms with Crippen molar-refractivity contribution in [3.63, 3.8) is 0 Å². The van der Waals surface area contributed by atoms with E-state index in [1.54, 1.807) is 12.1 Å². The molecule has 1 saturated heterocycles. The van der Waals surface area contributed by atoms with E-state index in [9.17, 15) is 4.39 Å². The third-order valence-corrected chi connectivity index (χ3v) is 3.98. The molecule has 2 nitrogen and oxygen atoms in total. The third kappa shape index (κ3) is 3.09. The Morgan fingerprint density at radius 2 is 1.94 bits per heavy atom. The smallest absolute Gasteiger partial charge is 0.123 e. The summed E-state index contributed by atoms with van der Waals surface area (Å²) in [6.45, 7) is 3.27. The van der Waals surface area contributed by atoms with Gasteiger partial charge in [0.1, 0.15) is 5.82 Å². The maximum absolute atomic E-state index is 12.9. The molecule has 2 fully saturated rings. The molecule has 0 amide bonds. The molecule has 2 aliphatic rings. The highest BCUT2D eigenvalue weighted by Gasteiger charge is 2.31. The standard InChI is InChI=1S/C15H21FN2/c16-13-5-3-12(4-6-13)10-18(15-7-8-15)11-14-2-1-9-17-14/h3-6,14-15,17H,1-2,7-11H2. The lowest BCUT2D eigenvalue weighted by atomic mass is 10.1. The van der Waals surface area contributed by atoms with Crippen molar-refractivity contribution in [1.29, 1.82) is 0 Å². The summed E-state index contributed by atoms with van der Waals surface area (Å²) in [4.78, 5) is 2.57. The Labute approximate surface area is 108 Å². The number of nitrogens with zero attached hydrogens (tertiary/aromatic N) is 1. The van der Waals surface area contributed by atoms with Gasteiger partial charge in [0.2, 0.25) is 0 Å². The summed E-state index contributed by atoms with van der Waals surface area (Å²) in [7, 11) is 0. The van der Waals surface area contributed by atoms with Crippen LogP contribution in [0.1, 0.15) is 31.2 Å². The van der Waals surface area contributed by atoms with Crippen LogP contribution in [0, 0.1) is 5.82 Å². The van der Waals surface area contributed by atoms with Crippen LogP contribution in [0.2, 0.25) is 0 Å². The summed E-state index contributed by atoms with van der Waals surface area (Å²) in [5.74, 6) is -0.144. The van der Waals surface area contributed by atoms with Gasteiger partial charge in [0, 0.05) is 25.2 Å². The molecule has 1 aromatic rings. The Morgan fingerprint density at radius 3 is 2.56 bits per heavy atom. The van der Waals surface area contributed by atoms with E-state index in [-0.39, 0.29) is 5.82 Å². The van der Waals surface area contributed by atoms with Crippen LogP contribution in [0.4, 0.5) is 4.39 Å². The van der Waals surface area contributed by atoms with Crippen molar-refractivity contribution in [1.82, 2.24) is 10.2 Å². The fraction of sp³-hybridized carbons (Fsp3) is 0.600. The Bertz CT molecular complexity index is 380. The van der Waals surface area contributed by atoms with Crippen molar-refractivity contribution in [2.45, 2.75) is 44.3 Å². The van der Waals surface area contributed by atoms with Crippen molar-refractivity contribution >= 4 is 0 Å². The first-order chi connectivity index (χ1) is 8.81. The van der Waals surface area contributed by atoms with E-state index in [2.05, 4.69) is 10.2 Å². The van der Waals surface area contributed by atoms with E-state index in [1.165, 1.54) is 37.8 Å². The zero-order valence-electron chi connectivity index (χ0n) is 10.7. The number of halogens is 1. The quantitative estimate of drug-likeness (QED) is 0.861. The number of hydrogen-bond donors (Lipinski definition) is 1. The molecule has 1 unspecified atom stereocenters. The van der Waals surface area contributed by atoms with Gasteiger partial charge < -0.3 is 5.32 Å². The molecular formula is C15H21FN2. The average Bonchev–Trinajstić information content (AvgIpc) is 3.10. The van der Waals surface area contributed by atoms with Gasteiger partial charge in [0.15, 0.2) is 0 Å². The molecule has 0 aromatic heterocycles. The molecule has 0 spiro atoms. The molecule has 98 valence electrons. The highest BCUT2D eigenvalue weighted by molar-refractivity contribution is 5.16. The van der Waals surface area contributed by atoms with Crippen molar-refractivity contribution in [2.24, 2.45) is 0 Å². The second kappa shape index (κ2) is 5.37. The number of nitrogens with one attached hydrogen (secondary N) is 1. The normalized spacial score (nSPS) is 23.8. The van der Waals surface area contributed by atoms with Crippen LogP contribution >= 0.6 is 0 Å². The predicted octanol–water partition coefficient (Wildman–Crippen LogP) is 2.54. The lowest BCUT2D eigenvalue weighted by Crippen LogP contribution is -2.38. The zero-order chi connectivity index (χ0) is 12.4. The largest absolute Gasteiger partial charge is 0.313 e. The molecule has 1 saturated carbocycles. The fourth-order valence-corrected chi connectivity index (χ4v) is 2.80. The summed E-state index contributed by atoms with van der Waals surface area (Å²) in [6.07, 6.45) is 5.26. The fourth-order valence-electron chi connectivity index (χ4n) is 2.80. The summed E-state index contributed by atoms with van der Waals surface area (Å²) >= 11 is 0. The number of rotatable bonds is 5. The van der Waals surface area contributed by atoms with E-state index in [1.807, 2.05) is 12.1 Å². The van der Waals surface area contributed by atoms with Gasteiger partial charge in [-0.15, -0.1) is 0 Å². The van der Waals surface area contributed by atoms with Crippen LogP contribution in [0.25, 0.3) is 0 Å². The van der Waals surface area contributed by atoms with Crippen molar-refractivity contribution in [3.8, 4) is 0 Å². The lowest BCUT2D eigenvalue weighted by Gasteiger charge is -2.25.